The number of aliphatic hydroxyl groups is 2. The molecule has 3 atom stereocenters. The van der Waals surface area contributed by atoms with Gasteiger partial charge < -0.3 is 35.4 Å². The Balaban J connectivity index is 0.000000175. The van der Waals surface area contributed by atoms with Crippen LogP contribution >= 0.6 is 11.6 Å². The first-order valence-corrected chi connectivity index (χ1v) is 29.8. The monoisotopic (exact) mass is 1100 g/mol. The molecule has 1 aliphatic carbocycles. The highest BCUT2D eigenvalue weighted by molar-refractivity contribution is 7.85. The molecular formula is C59H68ClFN8O6S2. The second-order valence-corrected chi connectivity index (χ2v) is 25.1. The minimum Gasteiger partial charge on any atom is -0.394 e. The van der Waals surface area contributed by atoms with Gasteiger partial charge in [-0.2, -0.15) is 9.97 Å². The van der Waals surface area contributed by atoms with Crippen molar-refractivity contribution in [3.8, 4) is 0 Å². The average molecular weight is 1100 g/mol. The van der Waals surface area contributed by atoms with E-state index in [1.165, 1.54) is 17.7 Å². The molecule has 0 spiro atoms. The van der Waals surface area contributed by atoms with Crippen LogP contribution < -0.4 is 20.4 Å². The highest BCUT2D eigenvalue weighted by Crippen LogP contribution is 2.44. The fraction of sp³-hybridized carbons (Fsp3) is 0.441. The number of rotatable bonds is 17. The fourth-order valence-corrected chi connectivity index (χ4v) is 13.8. The third-order valence-corrected chi connectivity index (χ3v) is 19.4. The lowest BCUT2D eigenvalue weighted by atomic mass is 9.68. The molecule has 1 saturated carbocycles. The van der Waals surface area contributed by atoms with E-state index in [0.29, 0.717) is 102 Å². The molecule has 4 aliphatic heterocycles. The molecule has 5 aliphatic rings. The maximum absolute atomic E-state index is 14.0. The molecule has 406 valence electrons. The lowest BCUT2D eigenvalue weighted by Crippen LogP contribution is -2.48. The van der Waals surface area contributed by atoms with E-state index < -0.39 is 32.6 Å². The Hall–Kier alpha value is -5.69. The summed E-state index contributed by atoms with van der Waals surface area (Å²) in [6.45, 7) is 9.88. The van der Waals surface area contributed by atoms with Gasteiger partial charge in [-0.25, -0.2) is 14.4 Å². The van der Waals surface area contributed by atoms with E-state index in [4.69, 9.17) is 36.3 Å². The van der Waals surface area contributed by atoms with Crippen molar-refractivity contribution >= 4 is 62.5 Å². The minimum absolute atomic E-state index is 0.00122. The maximum atomic E-state index is 14.0. The second-order valence-electron chi connectivity index (χ2n) is 21.7. The summed E-state index contributed by atoms with van der Waals surface area (Å²) in [5.41, 5.74) is 5.25. The number of Topliss-reactive ketones (excluding diaryl/α,β-unsaturated/α-hetero) is 1. The number of hydrogen-bond acceptors (Lipinski definition) is 14. The molecule has 18 heteroatoms. The Labute approximate surface area is 460 Å². The van der Waals surface area contributed by atoms with Gasteiger partial charge in [0.2, 0.25) is 11.9 Å². The molecule has 0 amide bonds. The van der Waals surface area contributed by atoms with E-state index in [9.17, 15) is 27.8 Å². The van der Waals surface area contributed by atoms with Gasteiger partial charge in [0.15, 0.2) is 5.78 Å². The number of anilines is 4. The summed E-state index contributed by atoms with van der Waals surface area (Å²) >= 11 is 6.22. The first-order valence-electron chi connectivity index (χ1n) is 26.8. The standard InChI is InChI=1S/C30H37ClN4O3S.C29H31FN4O3S/c1-21(2)26(18-36)32-28-27-25(12-17-39(27)37)33-29(34-28)35-15-13-30(14-16-35,23-8-10-24(31)11-9-23)20-38-19-22-6-4-3-5-7-22;1-19-2-4-20(5-3-19)25(36)29(21-6-8-22(30)9-7-21)13-15-34(16-14-29)27-31-23-10-17-38(37)24(23)26(32-27)33-28(18-35)11-12-28/h3-11,21,26,36H,12-20H2,1-2H3,(H,32,33,34);2-9,35H,10-18H2,1H3,(H,31,32,33)/t26-,39?;/m0./s1. The number of halogens is 2. The lowest BCUT2D eigenvalue weighted by molar-refractivity contribution is 0.0591. The van der Waals surface area contributed by atoms with Crippen LogP contribution in [0.25, 0.3) is 0 Å². The first-order chi connectivity index (χ1) is 37.2. The number of ether oxygens (including phenoxy) is 1. The van der Waals surface area contributed by atoms with Crippen molar-refractivity contribution < 1.29 is 32.6 Å². The van der Waals surface area contributed by atoms with E-state index in [-0.39, 0.29) is 42.2 Å². The number of fused-ring (bicyclic) bond motifs is 2. The Morgan fingerprint density at radius 2 is 1.29 bits per heavy atom. The summed E-state index contributed by atoms with van der Waals surface area (Å²) in [5, 5.41) is 27.2. The number of carbonyl (C=O) groups excluding carboxylic acids is 1. The van der Waals surface area contributed by atoms with Crippen molar-refractivity contribution in [3.05, 3.63) is 153 Å². The van der Waals surface area contributed by atoms with Crippen LogP contribution in [0.3, 0.4) is 0 Å². The summed E-state index contributed by atoms with van der Waals surface area (Å²) in [6.07, 6.45) is 5.80. The summed E-state index contributed by atoms with van der Waals surface area (Å²) in [5.74, 6) is 3.35. The van der Waals surface area contributed by atoms with Crippen LogP contribution in [0, 0.1) is 18.7 Å². The van der Waals surface area contributed by atoms with Gasteiger partial charge in [0.25, 0.3) is 0 Å². The van der Waals surface area contributed by atoms with E-state index in [2.05, 4.69) is 44.7 Å². The number of ketones is 1. The third kappa shape index (κ3) is 11.9. The van der Waals surface area contributed by atoms with Crippen LogP contribution in [-0.2, 0) is 56.6 Å². The quantitative estimate of drug-likeness (QED) is 0.0635. The third-order valence-electron chi connectivity index (χ3n) is 16.2. The topological polar surface area (TPSA) is 183 Å². The van der Waals surface area contributed by atoms with Crippen LogP contribution in [0.2, 0.25) is 5.02 Å². The zero-order chi connectivity index (χ0) is 53.9. The highest BCUT2D eigenvalue weighted by Gasteiger charge is 2.46. The van der Waals surface area contributed by atoms with Gasteiger partial charge in [-0.05, 0) is 92.3 Å². The van der Waals surface area contributed by atoms with E-state index in [0.717, 1.165) is 71.9 Å². The predicted molar refractivity (Wildman–Crippen MR) is 302 cm³/mol. The normalized spacial score (nSPS) is 20.2. The molecule has 11 rings (SSSR count). The molecule has 14 nitrogen and oxygen atoms in total. The van der Waals surface area contributed by atoms with Gasteiger partial charge >= 0.3 is 0 Å². The van der Waals surface area contributed by atoms with Gasteiger partial charge in [0.05, 0.1) is 76.4 Å². The SMILES string of the molecule is CC(C)[C@H](CO)Nc1nc(N2CCC(COCc3ccccc3)(c3ccc(Cl)cc3)CC2)nc2c1S(=O)CC2.Cc1ccc(C(=O)C2(c3ccc(F)cc3)CCN(c3nc4c(c(NC5(CO)CC5)n3)S(=O)CC4)CC2)cc1. The van der Waals surface area contributed by atoms with E-state index in [1.54, 1.807) is 12.1 Å². The number of nitrogens with zero attached hydrogens (tertiary/aromatic N) is 6. The number of piperidine rings is 2. The van der Waals surface area contributed by atoms with Crippen molar-refractivity contribution in [2.75, 3.05) is 77.9 Å². The molecule has 4 aromatic carbocycles. The molecule has 0 radical (unpaired) electrons. The fourth-order valence-electron chi connectivity index (χ4n) is 11.0. The summed E-state index contributed by atoms with van der Waals surface area (Å²) in [7, 11) is -2.29. The molecule has 2 aromatic heterocycles. The Morgan fingerprint density at radius 3 is 1.84 bits per heavy atom. The Kier molecular flexibility index (Phi) is 16.6. The number of aromatic nitrogens is 4. The van der Waals surface area contributed by atoms with Crippen molar-refractivity contribution in [1.29, 1.82) is 0 Å². The van der Waals surface area contributed by atoms with Gasteiger partial charge in [0, 0.05) is 66.5 Å². The van der Waals surface area contributed by atoms with Crippen LogP contribution in [0.15, 0.2) is 113 Å². The van der Waals surface area contributed by atoms with Crippen LogP contribution in [0.1, 0.15) is 96.4 Å². The molecule has 4 N–H and O–H groups in total. The highest BCUT2D eigenvalue weighted by atomic mass is 35.5. The van der Waals surface area contributed by atoms with Gasteiger partial charge in [-0.3, -0.25) is 13.2 Å². The first kappa shape index (κ1) is 54.7. The minimum atomic E-state index is -1.16. The number of nitrogens with one attached hydrogen (secondary N) is 2. The van der Waals surface area contributed by atoms with Crippen molar-refractivity contribution in [1.82, 2.24) is 19.9 Å². The summed E-state index contributed by atoms with van der Waals surface area (Å²) in [6, 6.07) is 32.1. The Bertz CT molecular complexity index is 3100. The molecule has 2 unspecified atom stereocenters. The molecule has 77 heavy (non-hydrogen) atoms. The zero-order valence-electron chi connectivity index (χ0n) is 44.0. The van der Waals surface area contributed by atoms with Gasteiger partial charge in [-0.15, -0.1) is 0 Å². The number of aryl methyl sites for hydroxylation is 3. The number of aliphatic hydroxyl groups excluding tert-OH is 2. The molecule has 6 aromatic rings. The van der Waals surface area contributed by atoms with Crippen molar-refractivity contribution in [3.63, 3.8) is 0 Å². The second kappa shape index (κ2) is 23.3. The maximum Gasteiger partial charge on any atom is 0.227 e. The summed E-state index contributed by atoms with van der Waals surface area (Å²) in [4.78, 5) is 39.0. The largest absolute Gasteiger partial charge is 0.394 e. The van der Waals surface area contributed by atoms with E-state index >= 15 is 0 Å². The van der Waals surface area contributed by atoms with Crippen LogP contribution in [-0.4, -0.2) is 113 Å². The van der Waals surface area contributed by atoms with Crippen LogP contribution in [0.5, 0.6) is 0 Å². The summed E-state index contributed by atoms with van der Waals surface area (Å²) < 4.78 is 45.6. The van der Waals surface area contributed by atoms with E-state index in [1.807, 2.05) is 75.4 Å². The number of hydrogen-bond donors (Lipinski definition) is 4. The van der Waals surface area contributed by atoms with Gasteiger partial charge in [0.1, 0.15) is 27.2 Å². The number of carbonyl (C=O) groups is 1. The molecule has 2 saturated heterocycles. The molecule has 6 heterocycles. The number of benzene rings is 4. The van der Waals surface area contributed by atoms with Crippen molar-refractivity contribution in [2.24, 2.45) is 5.92 Å². The molecular weight excluding hydrogens is 1040 g/mol. The lowest BCUT2D eigenvalue weighted by Gasteiger charge is -2.42. The smallest absolute Gasteiger partial charge is 0.227 e. The molecule has 3 fully saturated rings. The predicted octanol–water partition coefficient (Wildman–Crippen LogP) is 8.92. The van der Waals surface area contributed by atoms with Crippen LogP contribution in [0.4, 0.5) is 27.9 Å². The van der Waals surface area contributed by atoms with Gasteiger partial charge in [-0.1, -0.05) is 110 Å². The average Bonchev–Trinajstić information content (AvgIpc) is 4.04. The van der Waals surface area contributed by atoms with Crippen molar-refractivity contribution in [2.45, 2.75) is 111 Å². The Morgan fingerprint density at radius 1 is 0.727 bits per heavy atom. The molecule has 0 bridgehead atoms. The zero-order valence-corrected chi connectivity index (χ0v) is 46.4.